The Morgan fingerprint density at radius 1 is 0.467 bits per heavy atom. The van der Waals surface area contributed by atoms with Crippen molar-refractivity contribution in [3.05, 3.63) is 314 Å². The average Bonchev–Trinajstić information content (AvgIpc) is 1.61. The van der Waals surface area contributed by atoms with Crippen molar-refractivity contribution in [1.82, 2.24) is 53.5 Å². The Balaban J connectivity index is 0.000000268. The molecule has 0 spiro atoms. The first-order valence-corrected chi connectivity index (χ1v) is 43.0. The van der Waals surface area contributed by atoms with Crippen molar-refractivity contribution in [3.8, 4) is 17.2 Å². The van der Waals surface area contributed by atoms with Crippen LogP contribution in [0.1, 0.15) is 229 Å². The second-order valence-corrected chi connectivity index (χ2v) is 32.1. The number of para-hydroxylation sites is 4. The van der Waals surface area contributed by atoms with E-state index in [2.05, 4.69) is 46.7 Å². The van der Waals surface area contributed by atoms with E-state index < -0.39 is 43.7 Å². The minimum absolute atomic E-state index is 0. The van der Waals surface area contributed by atoms with Crippen molar-refractivity contribution in [2.45, 2.75) is 177 Å². The van der Waals surface area contributed by atoms with Crippen molar-refractivity contribution >= 4 is 79.5 Å². The van der Waals surface area contributed by atoms with Crippen LogP contribution in [0.3, 0.4) is 0 Å². The fourth-order valence-corrected chi connectivity index (χ4v) is 17.7. The maximum atomic E-state index is 13.5. The molecule has 37 heteroatoms. The van der Waals surface area contributed by atoms with Crippen LogP contribution in [-0.4, -0.2) is 147 Å². The number of rotatable bonds is 26. The van der Waals surface area contributed by atoms with Gasteiger partial charge in [-0.25, -0.2) is 44.7 Å². The maximum absolute atomic E-state index is 13.5. The third-order valence-electron chi connectivity index (χ3n) is 24.1. The van der Waals surface area contributed by atoms with Crippen molar-refractivity contribution in [2.24, 2.45) is 11.7 Å². The van der Waals surface area contributed by atoms with E-state index in [9.17, 15) is 73.8 Å². The first kappa shape index (κ1) is 113. The number of methoxy groups -OCH3 is 4. The Morgan fingerprint density at radius 3 is 1.10 bits per heavy atom. The number of hydrogen-bond donors (Lipinski definition) is 7. The standard InChI is InChI=1S/C27H33F2N3O3.C27H27F2N3O3.C19H18F2N2O2.C18H16F2N2O2.C8H12N2O2.CH4O.ClH.Na.2H2O/c2*1-15-13-24(35-4)20(27(34)31-15)9-10-23(33)25-17(3)32(22-8-6-5-7-19(22)25)16(2)18-11-12-30-21(14-18)26(28)29;1-11(13-8-9-22-15(10-13)18(20)21)23-12(2)17(19(24)25-3)14-6-4-5-7-16(14)23;1-10(12-7-8-21-14(9-12)17(19)20)22-11(2)16(18(23)24)13-5-3-4-6-15(13)22;1-5-3-7(12-2)6(4-9)8(11)10-5;1-2;;;;/h5-8,13,16,18,21,26,30H,9-12,14H2,1-4H3,(H,31,34);5-8,11-14,16,26H,9-10H2,1-4H3,(H,31,34);4-11,18H,1-3H3;3-10,17H,1-2H3,(H,23,24);3H,4,9H2,1-2H3,(H,10,11);2H,1H3;1H;;2*1H2/q;;;;;;;+1;;/p-1. The number of halogens is 9. The number of nitrogens with zero attached hydrogens (tertiary/aromatic N) is 7. The van der Waals surface area contributed by atoms with Gasteiger partial charge in [0.15, 0.2) is 11.6 Å². The van der Waals surface area contributed by atoms with Crippen molar-refractivity contribution in [2.75, 3.05) is 42.1 Å². The van der Waals surface area contributed by atoms with Gasteiger partial charge >= 0.3 is 41.5 Å². The van der Waals surface area contributed by atoms with Crippen LogP contribution in [0.2, 0.25) is 0 Å². The number of hydrogen-bond acceptors (Lipinski definition) is 18. The van der Waals surface area contributed by atoms with Gasteiger partial charge in [0.1, 0.15) is 34.3 Å². The van der Waals surface area contributed by atoms with Crippen LogP contribution in [0.25, 0.3) is 43.6 Å². The Kier molecular flexibility index (Phi) is 42.3. The minimum atomic E-state index is -2.66. The number of pyridine rings is 6. The van der Waals surface area contributed by atoms with E-state index in [4.69, 9.17) is 29.8 Å². The quantitative estimate of drug-likeness (QED) is 0.0115. The SMILES string of the molecule is CO.COC(=O)c1c(C)n(C(C)c2ccnc(C(F)F)c2)c2ccccc12.COc1cc(C)[nH]c(=O)c1CCC(=O)c1c(C)n(C(C)C2CCNC(C(F)F)C2)c2ccccc12.COc1cc(C)[nH]c(=O)c1CCC(=O)c1c(C)n(C(C)c2ccnc(C(F)F)c2)c2ccccc12.COc1cc(C)[nH]c(=O)c1CN.Cc1c(C(=O)O)c2ccccc2n1C(C)c1ccnc(C(F)F)c1.Cl.O.[Na+].[OH-]. The molecule has 6 unspecified atom stereocenters. The van der Waals surface area contributed by atoms with Gasteiger partial charge in [0, 0.05) is 146 Å². The Hall–Kier alpha value is -12.5. The Labute approximate surface area is 813 Å². The largest absolute Gasteiger partial charge is 1.00 e. The van der Waals surface area contributed by atoms with Crippen LogP contribution < -0.4 is 71.5 Å². The number of carbonyl (C=O) groups is 4. The molecule has 1 aliphatic rings. The minimum Gasteiger partial charge on any atom is -0.870 e. The molecule has 4 aromatic carbocycles. The molecule has 0 radical (unpaired) electrons. The van der Waals surface area contributed by atoms with Crippen LogP contribution in [-0.2, 0) is 24.1 Å². The number of aliphatic hydroxyl groups is 1. The number of ether oxygens (including phenoxy) is 4. The molecule has 137 heavy (non-hydrogen) atoms. The third kappa shape index (κ3) is 25.5. The molecule has 14 aromatic rings. The number of aromatic amines is 3. The van der Waals surface area contributed by atoms with Crippen LogP contribution >= 0.6 is 12.4 Å². The number of esters is 1. The number of aryl methyl sites for hydroxylation is 3. The zero-order chi connectivity index (χ0) is 97.3. The molecule has 0 amide bonds. The van der Waals surface area contributed by atoms with Crippen molar-refractivity contribution in [3.63, 3.8) is 0 Å². The van der Waals surface area contributed by atoms with E-state index in [1.165, 1.54) is 65.2 Å². The van der Waals surface area contributed by atoms with E-state index in [1.54, 1.807) is 76.2 Å². The number of H-pyrrole nitrogens is 3. The summed E-state index contributed by atoms with van der Waals surface area (Å²) in [4.78, 5) is 106. The first-order valence-electron chi connectivity index (χ1n) is 43.0. The molecule has 0 bridgehead atoms. The van der Waals surface area contributed by atoms with Crippen LogP contribution in [0.15, 0.2) is 185 Å². The van der Waals surface area contributed by atoms with Crippen molar-refractivity contribution in [1.29, 1.82) is 0 Å². The van der Waals surface area contributed by atoms with Gasteiger partial charge in [-0.1, -0.05) is 72.8 Å². The molecular formula is C100H114ClF8N12NaO15. The van der Waals surface area contributed by atoms with Gasteiger partial charge in [-0.05, 0) is 210 Å². The summed E-state index contributed by atoms with van der Waals surface area (Å²) in [5.74, 6) is -0.00934. The number of carboxylic acid groups (broad SMARTS) is 1. The summed E-state index contributed by atoms with van der Waals surface area (Å²) in [6.45, 7) is 21.2. The molecule has 15 rings (SSSR count). The van der Waals surface area contributed by atoms with Gasteiger partial charge in [-0.2, -0.15) is 0 Å². The summed E-state index contributed by atoms with van der Waals surface area (Å²) in [6.07, 6.45) is -4.24. The smallest absolute Gasteiger partial charge is 0.870 e. The number of piperidine rings is 1. The van der Waals surface area contributed by atoms with Gasteiger partial charge < -0.3 is 84.4 Å². The fourth-order valence-electron chi connectivity index (χ4n) is 17.7. The van der Waals surface area contributed by atoms with Gasteiger partial charge in [0.2, 0.25) is 0 Å². The second-order valence-electron chi connectivity index (χ2n) is 32.1. The summed E-state index contributed by atoms with van der Waals surface area (Å²) in [5, 5.41) is 22.5. The fraction of sp³-hybridized carbons (Fsp3) is 0.340. The molecule has 1 saturated heterocycles. The Bertz CT molecular complexity index is 6720. The van der Waals surface area contributed by atoms with E-state index in [1.807, 2.05) is 140 Å². The zero-order valence-corrected chi connectivity index (χ0v) is 81.9. The number of nitrogens with two attached hydrogens (primary N) is 1. The maximum Gasteiger partial charge on any atom is 1.00 e. The first-order chi connectivity index (χ1) is 63.5. The molecule has 728 valence electrons. The number of carboxylic acids is 1. The average molecular weight is 1930 g/mol. The molecule has 10 aromatic heterocycles. The summed E-state index contributed by atoms with van der Waals surface area (Å²) < 4.78 is 134. The number of fused-ring (bicyclic) bond motifs is 4. The van der Waals surface area contributed by atoms with Crippen molar-refractivity contribution < 1.29 is 124 Å². The van der Waals surface area contributed by atoms with Gasteiger partial charge in [0.05, 0.1) is 80.4 Å². The van der Waals surface area contributed by atoms with Gasteiger partial charge in [-0.15, -0.1) is 12.4 Å². The van der Waals surface area contributed by atoms with E-state index in [-0.39, 0.29) is 166 Å². The number of carbonyl (C=O) groups excluding carboxylic acids is 3. The predicted molar refractivity (Wildman–Crippen MR) is 508 cm³/mol. The molecule has 6 atom stereocenters. The summed E-state index contributed by atoms with van der Waals surface area (Å²) in [7, 11) is 6.87. The molecule has 27 nitrogen and oxygen atoms in total. The molecule has 1 aliphatic heterocycles. The third-order valence-corrected chi connectivity index (χ3v) is 24.1. The number of Topliss-reactive ketones (excluding diaryl/α,β-unsaturated/α-hetero) is 2. The number of ketones is 2. The number of nitrogens with one attached hydrogen (secondary N) is 4. The van der Waals surface area contributed by atoms with Gasteiger partial charge in [0.25, 0.3) is 42.4 Å². The number of aliphatic hydroxyl groups excluding tert-OH is 1. The molecular weight excluding hydrogens is 1820 g/mol. The Morgan fingerprint density at radius 2 is 0.774 bits per heavy atom. The molecule has 1 fully saturated rings. The van der Waals surface area contributed by atoms with Gasteiger partial charge in [-0.3, -0.25) is 38.9 Å². The molecule has 11 N–H and O–H groups in total. The normalized spacial score (nSPS) is 13.5. The monoisotopic (exact) mass is 1930 g/mol. The number of alkyl halides is 8. The van der Waals surface area contributed by atoms with Crippen LogP contribution in [0, 0.1) is 54.4 Å². The zero-order valence-electron chi connectivity index (χ0n) is 79.1. The molecule has 11 heterocycles. The second kappa shape index (κ2) is 51.1. The van der Waals surface area contributed by atoms with E-state index in [0.717, 1.165) is 74.5 Å². The number of aromatic nitrogens is 10. The summed E-state index contributed by atoms with van der Waals surface area (Å²) in [5.41, 5.74) is 17.6. The number of benzene rings is 4. The van der Waals surface area contributed by atoms with E-state index >= 15 is 0 Å². The van der Waals surface area contributed by atoms with Crippen LogP contribution in [0.5, 0.6) is 17.2 Å². The number of aromatic carboxylic acids is 1. The summed E-state index contributed by atoms with van der Waals surface area (Å²) >= 11 is 0. The molecule has 0 saturated carbocycles. The van der Waals surface area contributed by atoms with E-state index in [0.29, 0.717) is 103 Å². The predicted octanol–water partition coefficient (Wildman–Crippen LogP) is 16.1. The van der Waals surface area contributed by atoms with Crippen LogP contribution in [0.4, 0.5) is 35.1 Å². The molecule has 0 aliphatic carbocycles. The summed E-state index contributed by atoms with van der Waals surface area (Å²) in [6, 6.07) is 42.8. The topological polar surface area (TPSA) is 402 Å².